The number of carbonyl (C=O) groups is 1. The molecule has 1 aromatic carbocycles. The predicted molar refractivity (Wildman–Crippen MR) is 95.6 cm³/mol. The Morgan fingerprint density at radius 3 is 2.30 bits per heavy atom. The minimum absolute atomic E-state index is 0.0690. The van der Waals surface area contributed by atoms with E-state index in [4.69, 9.17) is 5.11 Å². The molecular weight excluding hydrogens is 288 g/mol. The van der Waals surface area contributed by atoms with Gasteiger partial charge in [-0.3, -0.25) is 4.79 Å². The van der Waals surface area contributed by atoms with Gasteiger partial charge >= 0.3 is 0 Å². The van der Waals surface area contributed by atoms with Crippen molar-refractivity contribution in [3.05, 3.63) is 35.4 Å². The maximum absolute atomic E-state index is 11.8. The van der Waals surface area contributed by atoms with Gasteiger partial charge in [0.1, 0.15) is 0 Å². The number of aryl methyl sites for hydroxylation is 1. The molecule has 0 radical (unpaired) electrons. The van der Waals surface area contributed by atoms with Crippen molar-refractivity contribution in [2.24, 2.45) is 0 Å². The van der Waals surface area contributed by atoms with E-state index in [2.05, 4.69) is 55.7 Å². The van der Waals surface area contributed by atoms with Crippen LogP contribution in [0, 0.1) is 0 Å². The van der Waals surface area contributed by atoms with E-state index in [1.165, 1.54) is 11.1 Å². The number of benzene rings is 1. The maximum atomic E-state index is 11.8. The zero-order valence-electron chi connectivity index (χ0n) is 15.1. The number of hydrogen-bond acceptors (Lipinski definition) is 3. The van der Waals surface area contributed by atoms with E-state index >= 15 is 0 Å². The van der Waals surface area contributed by atoms with Crippen molar-refractivity contribution in [1.29, 1.82) is 0 Å². The first-order chi connectivity index (χ1) is 10.7. The first kappa shape index (κ1) is 19.7. The summed E-state index contributed by atoms with van der Waals surface area (Å²) in [6, 6.07) is 8.56. The van der Waals surface area contributed by atoms with Gasteiger partial charge in [0.25, 0.3) is 0 Å². The molecule has 4 heteroatoms. The molecule has 0 saturated carbocycles. The van der Waals surface area contributed by atoms with Crippen molar-refractivity contribution < 1.29 is 9.90 Å². The number of aliphatic hydroxyl groups excluding tert-OH is 1. The second-order valence-corrected chi connectivity index (χ2v) is 7.32. The number of amides is 1. The highest BCUT2D eigenvalue weighted by molar-refractivity contribution is 5.81. The highest BCUT2D eigenvalue weighted by atomic mass is 16.3. The van der Waals surface area contributed by atoms with Crippen molar-refractivity contribution in [2.75, 3.05) is 13.1 Å². The lowest BCUT2D eigenvalue weighted by Gasteiger charge is -2.19. The Labute approximate surface area is 140 Å². The van der Waals surface area contributed by atoms with Crippen LogP contribution < -0.4 is 10.6 Å². The van der Waals surface area contributed by atoms with Gasteiger partial charge in [-0.25, -0.2) is 0 Å². The summed E-state index contributed by atoms with van der Waals surface area (Å²) in [5, 5.41) is 15.1. The first-order valence-corrected chi connectivity index (χ1v) is 8.48. The Bertz CT molecular complexity index is 475. The molecule has 0 aliphatic rings. The molecule has 0 fully saturated rings. The van der Waals surface area contributed by atoms with Crippen molar-refractivity contribution in [3.63, 3.8) is 0 Å². The van der Waals surface area contributed by atoms with Gasteiger partial charge in [-0.05, 0) is 49.8 Å². The third-order valence-electron chi connectivity index (χ3n) is 3.88. The van der Waals surface area contributed by atoms with Crippen molar-refractivity contribution in [1.82, 2.24) is 10.6 Å². The molecule has 0 aliphatic carbocycles. The molecule has 0 saturated heterocycles. The Kier molecular flexibility index (Phi) is 7.73. The number of nitrogens with one attached hydrogen (secondary N) is 2. The molecule has 1 rings (SSSR count). The van der Waals surface area contributed by atoms with Gasteiger partial charge in [0, 0.05) is 6.54 Å². The highest BCUT2D eigenvalue weighted by Gasteiger charge is 2.13. The summed E-state index contributed by atoms with van der Waals surface area (Å²) < 4.78 is 0. The van der Waals surface area contributed by atoms with E-state index in [0.717, 1.165) is 19.4 Å². The molecule has 0 heterocycles. The van der Waals surface area contributed by atoms with E-state index in [9.17, 15) is 4.79 Å². The van der Waals surface area contributed by atoms with E-state index in [1.807, 2.05) is 6.92 Å². The van der Waals surface area contributed by atoms with Gasteiger partial charge < -0.3 is 15.7 Å². The van der Waals surface area contributed by atoms with Crippen LogP contribution in [0.4, 0.5) is 0 Å². The fourth-order valence-corrected chi connectivity index (χ4v) is 2.28. The predicted octanol–water partition coefficient (Wildman–Crippen LogP) is 2.39. The summed E-state index contributed by atoms with van der Waals surface area (Å²) in [6.45, 7) is 11.2. The fraction of sp³-hybridized carbons (Fsp3) is 0.632. The van der Waals surface area contributed by atoms with Gasteiger partial charge in [-0.1, -0.05) is 45.0 Å². The molecular formula is C19H32N2O2. The second kappa shape index (κ2) is 9.04. The Morgan fingerprint density at radius 2 is 1.78 bits per heavy atom. The van der Waals surface area contributed by atoms with Crippen molar-refractivity contribution in [2.45, 2.75) is 65.0 Å². The van der Waals surface area contributed by atoms with Crippen LogP contribution in [0.2, 0.25) is 0 Å². The summed E-state index contributed by atoms with van der Waals surface area (Å²) in [5.74, 6) is -0.0690. The molecule has 23 heavy (non-hydrogen) atoms. The molecule has 1 amide bonds. The third kappa shape index (κ3) is 7.62. The van der Waals surface area contributed by atoms with Crippen LogP contribution in [0.5, 0.6) is 0 Å². The summed E-state index contributed by atoms with van der Waals surface area (Å²) in [7, 11) is 0. The van der Waals surface area contributed by atoms with Crippen LogP contribution in [-0.4, -0.2) is 36.2 Å². The van der Waals surface area contributed by atoms with Crippen LogP contribution in [0.25, 0.3) is 0 Å². The molecule has 0 aliphatic heterocycles. The van der Waals surface area contributed by atoms with Crippen LogP contribution in [-0.2, 0) is 16.6 Å². The molecule has 1 aromatic rings. The average molecular weight is 320 g/mol. The maximum Gasteiger partial charge on any atom is 0.236 e. The topological polar surface area (TPSA) is 61.4 Å². The van der Waals surface area contributed by atoms with Gasteiger partial charge in [-0.2, -0.15) is 0 Å². The smallest absolute Gasteiger partial charge is 0.236 e. The lowest BCUT2D eigenvalue weighted by molar-refractivity contribution is -0.123. The molecule has 4 nitrogen and oxygen atoms in total. The summed E-state index contributed by atoms with van der Waals surface area (Å²) in [4.78, 5) is 11.8. The van der Waals surface area contributed by atoms with Crippen molar-refractivity contribution in [3.8, 4) is 0 Å². The number of rotatable bonds is 8. The molecule has 3 N–H and O–H groups in total. The molecule has 0 spiro atoms. The minimum atomic E-state index is -0.512. The third-order valence-corrected chi connectivity index (χ3v) is 3.88. The zero-order valence-corrected chi connectivity index (χ0v) is 15.1. The Hall–Kier alpha value is -1.39. The average Bonchev–Trinajstić information content (AvgIpc) is 2.48. The molecule has 130 valence electrons. The van der Waals surface area contributed by atoms with E-state index < -0.39 is 6.10 Å². The molecule has 0 bridgehead atoms. The first-order valence-electron chi connectivity index (χ1n) is 8.48. The standard InChI is InChI=1S/C19H32N2O2/c1-14(22)13-21-18(23)15(2)20-12-6-7-16-8-10-17(11-9-16)19(3,4)5/h8-11,14-15,20,22H,6-7,12-13H2,1-5H3,(H,21,23). The van der Waals surface area contributed by atoms with Gasteiger partial charge in [0.2, 0.25) is 5.91 Å². The summed E-state index contributed by atoms with van der Waals surface area (Å²) >= 11 is 0. The second-order valence-electron chi connectivity index (χ2n) is 7.32. The monoisotopic (exact) mass is 320 g/mol. The van der Waals surface area contributed by atoms with Gasteiger partial charge in [0.15, 0.2) is 0 Å². The summed E-state index contributed by atoms with van der Waals surface area (Å²) in [6.07, 6.45) is 1.48. The molecule has 2 atom stereocenters. The summed E-state index contributed by atoms with van der Waals surface area (Å²) in [5.41, 5.74) is 2.86. The van der Waals surface area contributed by atoms with E-state index in [-0.39, 0.29) is 17.4 Å². The van der Waals surface area contributed by atoms with Crippen LogP contribution in [0.3, 0.4) is 0 Å². The Morgan fingerprint density at radius 1 is 1.17 bits per heavy atom. The van der Waals surface area contributed by atoms with Crippen LogP contribution in [0.15, 0.2) is 24.3 Å². The lowest BCUT2D eigenvalue weighted by atomic mass is 9.86. The van der Waals surface area contributed by atoms with E-state index in [1.54, 1.807) is 6.92 Å². The normalized spacial score (nSPS) is 14.3. The lowest BCUT2D eigenvalue weighted by Crippen LogP contribution is -2.44. The van der Waals surface area contributed by atoms with Crippen LogP contribution >= 0.6 is 0 Å². The van der Waals surface area contributed by atoms with Crippen molar-refractivity contribution >= 4 is 5.91 Å². The molecule has 2 unspecified atom stereocenters. The van der Waals surface area contributed by atoms with Gasteiger partial charge in [0.05, 0.1) is 12.1 Å². The fourth-order valence-electron chi connectivity index (χ4n) is 2.28. The molecule has 0 aromatic heterocycles. The quantitative estimate of drug-likeness (QED) is 0.645. The van der Waals surface area contributed by atoms with E-state index in [0.29, 0.717) is 6.54 Å². The number of carbonyl (C=O) groups excluding carboxylic acids is 1. The number of aliphatic hydroxyl groups is 1. The zero-order chi connectivity index (χ0) is 17.5. The highest BCUT2D eigenvalue weighted by Crippen LogP contribution is 2.22. The number of hydrogen-bond donors (Lipinski definition) is 3. The van der Waals surface area contributed by atoms with Crippen LogP contribution in [0.1, 0.15) is 52.2 Å². The minimum Gasteiger partial charge on any atom is -0.392 e. The SMILES string of the molecule is CC(O)CNC(=O)C(C)NCCCc1ccc(C(C)(C)C)cc1. The van der Waals surface area contributed by atoms with Gasteiger partial charge in [-0.15, -0.1) is 0 Å². The largest absolute Gasteiger partial charge is 0.392 e. The Balaban J connectivity index is 2.28.